The van der Waals surface area contributed by atoms with Crippen molar-refractivity contribution in [3.8, 4) is 0 Å². The van der Waals surface area contributed by atoms with E-state index in [9.17, 15) is 0 Å². The molecule has 0 aliphatic carbocycles. The summed E-state index contributed by atoms with van der Waals surface area (Å²) in [5, 5.41) is 10.3. The lowest BCUT2D eigenvalue weighted by Gasteiger charge is -2.20. The van der Waals surface area contributed by atoms with E-state index in [1.165, 1.54) is 0 Å². The van der Waals surface area contributed by atoms with Crippen molar-refractivity contribution >= 4 is 0 Å². The molecular weight excluding hydrogens is 90.1 g/mol. The molecule has 0 unspecified atom stereocenters. The maximum Gasteiger partial charge on any atom is 0.0950 e. The Hall–Kier alpha value is -0.0800. The summed E-state index contributed by atoms with van der Waals surface area (Å²) >= 11 is 0. The van der Waals surface area contributed by atoms with Crippen LogP contribution in [0.4, 0.5) is 0 Å². The molecule has 2 heteroatoms. The zero-order valence-electron chi connectivity index (χ0n) is 4.94. The molecule has 0 spiro atoms. The summed E-state index contributed by atoms with van der Waals surface area (Å²) in [5.41, 5.74) is -0.0972. The van der Waals surface area contributed by atoms with Gasteiger partial charge in [0, 0.05) is 0 Å². The van der Waals surface area contributed by atoms with Crippen LogP contribution in [0.25, 0.3) is 0 Å². The average molecular weight is 103 g/mol. The van der Waals surface area contributed by atoms with Gasteiger partial charge >= 0.3 is 0 Å². The largest absolute Gasteiger partial charge is 0.472 e. The van der Waals surface area contributed by atoms with Crippen LogP contribution in [-0.2, 0) is 0 Å². The lowest BCUT2D eigenvalue weighted by Crippen LogP contribution is -2.90. The Morgan fingerprint density at radius 2 is 2.14 bits per heavy atom. The third kappa shape index (κ3) is 2.60. The van der Waals surface area contributed by atoms with Crippen LogP contribution < -0.4 is 5.32 Å². The van der Waals surface area contributed by atoms with Crippen LogP contribution >= 0.6 is 0 Å². The van der Waals surface area contributed by atoms with E-state index >= 15 is 0 Å². The van der Waals surface area contributed by atoms with E-state index in [1.54, 1.807) is 5.32 Å². The minimum absolute atomic E-state index is 0.0972. The molecule has 0 saturated carbocycles. The Kier molecular flexibility index (Phi) is 2.26. The number of aliphatic hydroxyl groups excluding tert-OH is 1. The molecule has 0 fully saturated rings. The standard InChI is InChI=1S/C5H13NO/c1-5(2,4-7)6-3/h7H,3-4,6H2,1-2H3. The number of rotatable bonds is 2. The van der Waals surface area contributed by atoms with Gasteiger partial charge in [-0.15, -0.1) is 0 Å². The molecular formula is C5H13NO. The van der Waals surface area contributed by atoms with Crippen molar-refractivity contribution < 1.29 is 10.4 Å². The van der Waals surface area contributed by atoms with Gasteiger partial charge < -0.3 is 10.4 Å². The van der Waals surface area contributed by atoms with E-state index in [1.807, 2.05) is 13.8 Å². The summed E-state index contributed by atoms with van der Waals surface area (Å²) in [7, 11) is 3.54. The second-order valence-corrected chi connectivity index (χ2v) is 2.35. The highest BCUT2D eigenvalue weighted by atomic mass is 16.3. The molecule has 0 atom stereocenters. The average Bonchev–Trinajstić information content (AvgIpc) is 1.68. The molecule has 0 aromatic rings. The monoisotopic (exact) mass is 103 g/mol. The Bertz CT molecular complexity index is 46.0. The van der Waals surface area contributed by atoms with Gasteiger partial charge in [-0.1, -0.05) is 0 Å². The lowest BCUT2D eigenvalue weighted by molar-refractivity contribution is -0.670. The maximum absolute atomic E-state index is 8.52. The Morgan fingerprint density at radius 3 is 2.14 bits per heavy atom. The fourth-order valence-electron chi connectivity index (χ4n) is 0.0645. The van der Waals surface area contributed by atoms with E-state index < -0.39 is 0 Å². The highest BCUT2D eigenvalue weighted by molar-refractivity contribution is 4.59. The number of quaternary nitrogens is 1. The van der Waals surface area contributed by atoms with Crippen molar-refractivity contribution in [3.63, 3.8) is 0 Å². The Labute approximate surface area is 44.5 Å². The van der Waals surface area contributed by atoms with Crippen LogP contribution in [0.3, 0.4) is 0 Å². The van der Waals surface area contributed by atoms with Gasteiger partial charge in [0.1, 0.15) is 0 Å². The molecule has 7 heavy (non-hydrogen) atoms. The summed E-state index contributed by atoms with van der Waals surface area (Å²) in [6.07, 6.45) is 0. The molecule has 0 bridgehead atoms. The highest BCUT2D eigenvalue weighted by Crippen LogP contribution is 1.88. The van der Waals surface area contributed by atoms with Gasteiger partial charge in [0.05, 0.1) is 12.1 Å². The van der Waals surface area contributed by atoms with Crippen molar-refractivity contribution in [1.82, 2.24) is 0 Å². The van der Waals surface area contributed by atoms with E-state index in [2.05, 4.69) is 7.05 Å². The highest BCUT2D eigenvalue weighted by Gasteiger charge is 2.12. The second-order valence-electron chi connectivity index (χ2n) is 2.35. The fourth-order valence-corrected chi connectivity index (χ4v) is 0.0645. The maximum atomic E-state index is 8.52. The lowest BCUT2D eigenvalue weighted by atomic mass is 10.1. The van der Waals surface area contributed by atoms with Gasteiger partial charge in [-0.2, -0.15) is 7.05 Å². The van der Waals surface area contributed by atoms with Crippen LogP contribution in [0, 0.1) is 7.05 Å². The summed E-state index contributed by atoms with van der Waals surface area (Å²) in [4.78, 5) is 0. The first-order chi connectivity index (χ1) is 3.12. The molecule has 0 rings (SSSR count). The van der Waals surface area contributed by atoms with Gasteiger partial charge in [0.15, 0.2) is 0 Å². The van der Waals surface area contributed by atoms with E-state index in [0.29, 0.717) is 0 Å². The molecule has 0 aromatic carbocycles. The SMILES string of the molecule is [CH2-][NH2+]C(C)(C)CO. The molecule has 0 amide bonds. The molecule has 0 aromatic heterocycles. The normalized spacial score (nSPS) is 12.0. The molecule has 0 aliphatic heterocycles. The Balaban J connectivity index is 3.36. The van der Waals surface area contributed by atoms with Gasteiger partial charge in [-0.05, 0) is 13.8 Å². The minimum atomic E-state index is -0.0972. The van der Waals surface area contributed by atoms with E-state index in [0.717, 1.165) is 0 Å². The number of hydrogen-bond donors (Lipinski definition) is 2. The minimum Gasteiger partial charge on any atom is -0.472 e. The fraction of sp³-hybridized carbons (Fsp3) is 0.800. The molecule has 44 valence electrons. The third-order valence-corrected chi connectivity index (χ3v) is 0.960. The molecule has 0 radical (unpaired) electrons. The summed E-state index contributed by atoms with van der Waals surface area (Å²) < 4.78 is 0. The topological polar surface area (TPSA) is 36.8 Å². The smallest absolute Gasteiger partial charge is 0.0950 e. The number of nitrogens with two attached hydrogens (primary N) is 1. The zero-order valence-corrected chi connectivity index (χ0v) is 4.94. The number of aliphatic hydroxyl groups is 1. The molecule has 3 N–H and O–H groups in total. The predicted molar refractivity (Wildman–Crippen MR) is 28.4 cm³/mol. The van der Waals surface area contributed by atoms with Gasteiger partial charge in [-0.25, -0.2) is 0 Å². The van der Waals surface area contributed by atoms with Crippen molar-refractivity contribution in [2.24, 2.45) is 0 Å². The number of hydrogen-bond acceptors (Lipinski definition) is 1. The summed E-state index contributed by atoms with van der Waals surface area (Å²) in [6.45, 7) is 4.04. The van der Waals surface area contributed by atoms with E-state index in [4.69, 9.17) is 5.11 Å². The zero-order chi connectivity index (χ0) is 5.91. The first kappa shape index (κ1) is 6.92. The molecule has 0 heterocycles. The van der Waals surface area contributed by atoms with Crippen LogP contribution in [0.2, 0.25) is 0 Å². The van der Waals surface area contributed by atoms with Gasteiger partial charge in [0.25, 0.3) is 0 Å². The van der Waals surface area contributed by atoms with E-state index in [-0.39, 0.29) is 12.1 Å². The van der Waals surface area contributed by atoms with Crippen LogP contribution in [0.15, 0.2) is 0 Å². The van der Waals surface area contributed by atoms with Crippen molar-refractivity contribution in [2.75, 3.05) is 6.61 Å². The molecule has 2 nitrogen and oxygen atoms in total. The van der Waals surface area contributed by atoms with Crippen LogP contribution in [0.1, 0.15) is 13.8 Å². The Morgan fingerprint density at radius 1 is 1.71 bits per heavy atom. The first-order valence-corrected chi connectivity index (χ1v) is 2.37. The van der Waals surface area contributed by atoms with Crippen LogP contribution in [-0.4, -0.2) is 17.3 Å². The van der Waals surface area contributed by atoms with Crippen molar-refractivity contribution in [1.29, 1.82) is 0 Å². The molecule has 0 saturated heterocycles. The van der Waals surface area contributed by atoms with Crippen molar-refractivity contribution in [2.45, 2.75) is 19.4 Å². The predicted octanol–water partition coefficient (Wildman–Crippen LogP) is -0.888. The van der Waals surface area contributed by atoms with Gasteiger partial charge in [0.2, 0.25) is 0 Å². The summed E-state index contributed by atoms with van der Waals surface area (Å²) in [5.74, 6) is 0. The quantitative estimate of drug-likeness (QED) is 0.437. The van der Waals surface area contributed by atoms with Crippen molar-refractivity contribution in [3.05, 3.63) is 7.05 Å². The molecule has 0 aliphatic rings. The second kappa shape index (κ2) is 2.28. The third-order valence-electron chi connectivity index (χ3n) is 0.960. The summed E-state index contributed by atoms with van der Waals surface area (Å²) in [6, 6.07) is 0. The first-order valence-electron chi connectivity index (χ1n) is 2.37. The van der Waals surface area contributed by atoms with Gasteiger partial charge in [-0.3, -0.25) is 0 Å². The van der Waals surface area contributed by atoms with Crippen LogP contribution in [0.5, 0.6) is 0 Å².